The Morgan fingerprint density at radius 1 is 0.923 bits per heavy atom. The molecule has 2 aromatic carbocycles. The van der Waals surface area contributed by atoms with Crippen LogP contribution in [0.25, 0.3) is 0 Å². The van der Waals surface area contributed by atoms with Crippen molar-refractivity contribution in [3.8, 4) is 5.75 Å². The number of fused-ring (bicyclic) bond motifs is 1. The largest absolute Gasteiger partial charge is 0.496 e. The summed E-state index contributed by atoms with van der Waals surface area (Å²) in [7, 11) is -2.03. The molecule has 0 bridgehead atoms. The Hall–Kier alpha value is -2.57. The monoisotopic (exact) mass is 368 g/mol. The van der Waals surface area contributed by atoms with Gasteiger partial charge in [-0.05, 0) is 30.3 Å². The van der Waals surface area contributed by atoms with Crippen LogP contribution in [0.1, 0.15) is 17.3 Å². The lowest BCUT2D eigenvalue weighted by Crippen LogP contribution is -2.42. The summed E-state index contributed by atoms with van der Waals surface area (Å²) in [5.41, 5.74) is 1.79. The Labute approximate surface area is 153 Å². The van der Waals surface area contributed by atoms with Gasteiger partial charge in [0.05, 0.1) is 18.0 Å². The molecule has 1 atom stereocenters. The van der Waals surface area contributed by atoms with Crippen molar-refractivity contribution < 1.29 is 13.2 Å². The first-order valence-corrected chi connectivity index (χ1v) is 9.92. The van der Waals surface area contributed by atoms with Crippen molar-refractivity contribution in [3.05, 3.63) is 84.2 Å². The fourth-order valence-electron chi connectivity index (χ4n) is 3.56. The smallest absolute Gasteiger partial charge is 0.244 e. The van der Waals surface area contributed by atoms with Crippen molar-refractivity contribution in [3.63, 3.8) is 0 Å². The second-order valence-corrected chi connectivity index (χ2v) is 8.09. The maximum Gasteiger partial charge on any atom is 0.244 e. The Kier molecular flexibility index (Phi) is 4.30. The standard InChI is InChI=1S/C20H20N2O3S/c1-25-19-12-6-5-10-17(19)20-18-11-7-13-21(18)14-15-22(20)26(23,24)16-8-3-2-4-9-16/h2-13,20H,14-15H2,1H3. The van der Waals surface area contributed by atoms with Crippen molar-refractivity contribution in [2.75, 3.05) is 13.7 Å². The first kappa shape index (κ1) is 16.9. The fraction of sp³-hybridized carbons (Fsp3) is 0.200. The van der Waals surface area contributed by atoms with Gasteiger partial charge >= 0.3 is 0 Å². The highest BCUT2D eigenvalue weighted by Crippen LogP contribution is 2.39. The maximum atomic E-state index is 13.4. The first-order chi connectivity index (χ1) is 12.6. The van der Waals surface area contributed by atoms with Crippen LogP contribution in [0.15, 0.2) is 77.8 Å². The van der Waals surface area contributed by atoms with E-state index in [0.29, 0.717) is 23.7 Å². The first-order valence-electron chi connectivity index (χ1n) is 8.48. The normalized spacial score (nSPS) is 17.7. The predicted molar refractivity (Wildman–Crippen MR) is 99.6 cm³/mol. The summed E-state index contributed by atoms with van der Waals surface area (Å²) in [5.74, 6) is 0.681. The fourth-order valence-corrected chi connectivity index (χ4v) is 5.15. The molecular formula is C20H20N2O3S. The average molecular weight is 368 g/mol. The van der Waals surface area contributed by atoms with Gasteiger partial charge in [-0.25, -0.2) is 8.42 Å². The Bertz CT molecular complexity index is 1010. The van der Waals surface area contributed by atoms with Crippen LogP contribution in [0, 0.1) is 0 Å². The summed E-state index contributed by atoms with van der Waals surface area (Å²) >= 11 is 0. The molecule has 134 valence electrons. The molecule has 1 unspecified atom stereocenters. The highest BCUT2D eigenvalue weighted by molar-refractivity contribution is 7.89. The SMILES string of the molecule is COc1ccccc1C1c2cccn2CCN1S(=O)(=O)c1ccccc1. The molecule has 1 aromatic heterocycles. The molecule has 0 amide bonds. The number of nitrogens with zero attached hydrogens (tertiary/aromatic N) is 2. The van der Waals surface area contributed by atoms with Crippen molar-refractivity contribution >= 4 is 10.0 Å². The number of methoxy groups -OCH3 is 1. The minimum Gasteiger partial charge on any atom is -0.496 e. The highest BCUT2D eigenvalue weighted by atomic mass is 32.2. The third-order valence-electron chi connectivity index (χ3n) is 4.78. The molecule has 3 aromatic rings. The number of rotatable bonds is 4. The van der Waals surface area contributed by atoms with E-state index in [1.807, 2.05) is 48.7 Å². The molecule has 0 aliphatic carbocycles. The predicted octanol–water partition coefficient (Wildman–Crippen LogP) is 3.29. The number of para-hydroxylation sites is 1. The van der Waals surface area contributed by atoms with Gasteiger partial charge in [0.1, 0.15) is 5.75 Å². The van der Waals surface area contributed by atoms with Gasteiger partial charge in [-0.3, -0.25) is 0 Å². The van der Waals surface area contributed by atoms with E-state index in [1.165, 1.54) is 0 Å². The molecule has 26 heavy (non-hydrogen) atoms. The summed E-state index contributed by atoms with van der Waals surface area (Å²) < 4.78 is 36.0. The van der Waals surface area contributed by atoms with E-state index in [2.05, 4.69) is 4.57 Å². The quantitative estimate of drug-likeness (QED) is 0.710. The Balaban J connectivity index is 1.89. The van der Waals surface area contributed by atoms with Gasteiger partial charge in [-0.15, -0.1) is 0 Å². The van der Waals surface area contributed by atoms with Gasteiger partial charge < -0.3 is 9.30 Å². The summed E-state index contributed by atoms with van der Waals surface area (Å²) in [6.45, 7) is 1.03. The lowest BCUT2D eigenvalue weighted by Gasteiger charge is -2.36. The van der Waals surface area contributed by atoms with Crippen LogP contribution < -0.4 is 4.74 Å². The van der Waals surface area contributed by atoms with E-state index in [-0.39, 0.29) is 0 Å². The second kappa shape index (κ2) is 6.63. The van der Waals surface area contributed by atoms with E-state index in [1.54, 1.807) is 35.7 Å². The second-order valence-electron chi connectivity index (χ2n) is 6.20. The van der Waals surface area contributed by atoms with Crippen LogP contribution >= 0.6 is 0 Å². The van der Waals surface area contributed by atoms with Gasteiger partial charge in [0.2, 0.25) is 10.0 Å². The number of benzene rings is 2. The molecule has 4 rings (SSSR count). The minimum atomic E-state index is -3.64. The topological polar surface area (TPSA) is 51.5 Å². The molecule has 0 saturated carbocycles. The molecule has 6 heteroatoms. The van der Waals surface area contributed by atoms with Crippen LogP contribution in [-0.2, 0) is 16.6 Å². The number of aromatic nitrogens is 1. The van der Waals surface area contributed by atoms with Crippen molar-refractivity contribution in [1.29, 1.82) is 0 Å². The number of hydrogen-bond donors (Lipinski definition) is 0. The maximum absolute atomic E-state index is 13.4. The van der Waals surface area contributed by atoms with Crippen LogP contribution in [-0.4, -0.2) is 30.9 Å². The van der Waals surface area contributed by atoms with E-state index in [0.717, 1.165) is 11.3 Å². The van der Waals surface area contributed by atoms with Crippen molar-refractivity contribution in [2.24, 2.45) is 0 Å². The molecule has 0 N–H and O–H groups in total. The molecule has 0 fully saturated rings. The zero-order valence-corrected chi connectivity index (χ0v) is 15.3. The van der Waals surface area contributed by atoms with Gasteiger partial charge in [-0.1, -0.05) is 36.4 Å². The molecule has 5 nitrogen and oxygen atoms in total. The lowest BCUT2D eigenvalue weighted by atomic mass is 10.0. The van der Waals surface area contributed by atoms with Crippen LogP contribution in [0.2, 0.25) is 0 Å². The number of ether oxygens (including phenoxy) is 1. The molecule has 0 saturated heterocycles. The van der Waals surface area contributed by atoms with E-state index in [9.17, 15) is 8.42 Å². The summed E-state index contributed by atoms with van der Waals surface area (Å²) in [4.78, 5) is 0.305. The third kappa shape index (κ3) is 2.71. The Morgan fingerprint density at radius 3 is 2.42 bits per heavy atom. The van der Waals surface area contributed by atoms with Gasteiger partial charge in [0.15, 0.2) is 0 Å². The molecule has 2 heterocycles. The molecule has 1 aliphatic rings. The van der Waals surface area contributed by atoms with Crippen LogP contribution in [0.4, 0.5) is 0 Å². The van der Waals surface area contributed by atoms with Crippen molar-refractivity contribution in [1.82, 2.24) is 8.87 Å². The zero-order chi connectivity index (χ0) is 18.1. The summed E-state index contributed by atoms with van der Waals surface area (Å²) in [5, 5.41) is 0. The van der Waals surface area contributed by atoms with Crippen LogP contribution in [0.3, 0.4) is 0 Å². The minimum absolute atomic E-state index is 0.305. The number of hydrogen-bond acceptors (Lipinski definition) is 3. The third-order valence-corrected chi connectivity index (χ3v) is 6.66. The Morgan fingerprint density at radius 2 is 1.65 bits per heavy atom. The average Bonchev–Trinajstić information content (AvgIpc) is 3.16. The van der Waals surface area contributed by atoms with Crippen molar-refractivity contribution in [2.45, 2.75) is 17.5 Å². The zero-order valence-electron chi connectivity index (χ0n) is 14.4. The van der Waals surface area contributed by atoms with Gasteiger partial charge in [-0.2, -0.15) is 4.31 Å². The van der Waals surface area contributed by atoms with E-state index >= 15 is 0 Å². The molecular weight excluding hydrogens is 348 g/mol. The summed E-state index contributed by atoms with van der Waals surface area (Å²) in [6.07, 6.45) is 1.99. The van der Waals surface area contributed by atoms with E-state index < -0.39 is 16.1 Å². The lowest BCUT2D eigenvalue weighted by molar-refractivity contribution is 0.290. The van der Waals surface area contributed by atoms with E-state index in [4.69, 9.17) is 4.74 Å². The molecule has 1 aliphatic heterocycles. The molecule has 0 radical (unpaired) electrons. The van der Waals surface area contributed by atoms with Gasteiger partial charge in [0.25, 0.3) is 0 Å². The molecule has 0 spiro atoms. The summed E-state index contributed by atoms with van der Waals surface area (Å²) in [6, 6.07) is 19.7. The van der Waals surface area contributed by atoms with Crippen LogP contribution in [0.5, 0.6) is 5.75 Å². The number of sulfonamides is 1. The van der Waals surface area contributed by atoms with Gasteiger partial charge in [0, 0.05) is 30.5 Å². The highest BCUT2D eigenvalue weighted by Gasteiger charge is 2.38.